The summed E-state index contributed by atoms with van der Waals surface area (Å²) in [4.78, 5) is 4.66. The maximum Gasteiger partial charge on any atom is 0.0793 e. The molecule has 0 radical (unpaired) electrons. The second-order valence-corrected chi connectivity index (χ2v) is 8.85. The number of hydrogen-bond acceptors (Lipinski definition) is 3. The molecule has 2 N–H and O–H groups in total. The first-order chi connectivity index (χ1) is 16.0. The number of hydrogen-bond donors (Lipinski definition) is 2. The minimum Gasteiger partial charge on any atom is -0.396 e. The van der Waals surface area contributed by atoms with Crippen LogP contribution in [-0.2, 0) is 6.42 Å². The molecule has 0 aliphatic heterocycles. The molecule has 0 spiro atoms. The summed E-state index contributed by atoms with van der Waals surface area (Å²) in [5, 5.41) is 22.1. The van der Waals surface area contributed by atoms with Crippen molar-refractivity contribution >= 4 is 34.7 Å². The zero-order chi connectivity index (χ0) is 23.2. The maximum absolute atomic E-state index is 10.8. The fourth-order valence-electron chi connectivity index (χ4n) is 4.05. The Balaban J connectivity index is 1.45. The van der Waals surface area contributed by atoms with Crippen LogP contribution in [-0.4, -0.2) is 21.8 Å². The lowest BCUT2D eigenvalue weighted by molar-refractivity contribution is 0.167. The summed E-state index contributed by atoms with van der Waals surface area (Å²) in [5.74, 6) is 0.0894. The molecule has 0 aliphatic rings. The lowest BCUT2D eigenvalue weighted by Gasteiger charge is -2.16. The highest BCUT2D eigenvalue weighted by molar-refractivity contribution is 6.31. The Morgan fingerprint density at radius 2 is 1.76 bits per heavy atom. The van der Waals surface area contributed by atoms with E-state index in [4.69, 9.17) is 11.6 Å². The van der Waals surface area contributed by atoms with Crippen molar-refractivity contribution in [3.05, 3.63) is 112 Å². The topological polar surface area (TPSA) is 53.4 Å². The van der Waals surface area contributed by atoms with E-state index in [9.17, 15) is 10.2 Å². The van der Waals surface area contributed by atoms with Gasteiger partial charge in [0.2, 0.25) is 0 Å². The van der Waals surface area contributed by atoms with Gasteiger partial charge in [-0.1, -0.05) is 79.2 Å². The molecule has 4 rings (SSSR count). The molecule has 0 aliphatic carbocycles. The summed E-state index contributed by atoms with van der Waals surface area (Å²) in [7, 11) is 0. The molecular formula is C29H28ClNO2. The van der Waals surface area contributed by atoms with Crippen LogP contribution in [0, 0.1) is 0 Å². The van der Waals surface area contributed by atoms with Gasteiger partial charge in [-0.25, -0.2) is 4.98 Å². The first kappa shape index (κ1) is 23.2. The third kappa shape index (κ3) is 5.88. The van der Waals surface area contributed by atoms with Crippen molar-refractivity contribution in [2.45, 2.75) is 31.8 Å². The van der Waals surface area contributed by atoms with Gasteiger partial charge in [-0.2, -0.15) is 0 Å². The van der Waals surface area contributed by atoms with Crippen molar-refractivity contribution in [2.24, 2.45) is 0 Å². The number of pyridine rings is 1. The zero-order valence-corrected chi connectivity index (χ0v) is 19.4. The van der Waals surface area contributed by atoms with Gasteiger partial charge < -0.3 is 10.2 Å². The molecule has 1 aromatic heterocycles. The quantitative estimate of drug-likeness (QED) is 0.305. The Kier molecular flexibility index (Phi) is 7.56. The van der Waals surface area contributed by atoms with E-state index in [1.165, 1.54) is 5.56 Å². The zero-order valence-electron chi connectivity index (χ0n) is 18.7. The highest BCUT2D eigenvalue weighted by atomic mass is 35.5. The van der Waals surface area contributed by atoms with Gasteiger partial charge in [0.1, 0.15) is 0 Å². The Labute approximate surface area is 200 Å². The van der Waals surface area contributed by atoms with E-state index in [2.05, 4.69) is 17.1 Å². The molecule has 4 aromatic rings. The molecule has 3 aromatic carbocycles. The number of benzene rings is 3. The first-order valence-electron chi connectivity index (χ1n) is 11.2. The fourth-order valence-corrected chi connectivity index (χ4v) is 4.22. The maximum atomic E-state index is 10.8. The molecule has 1 unspecified atom stereocenters. The van der Waals surface area contributed by atoms with Gasteiger partial charge in [0, 0.05) is 22.9 Å². The minimum absolute atomic E-state index is 0.0894. The van der Waals surface area contributed by atoms with Gasteiger partial charge in [-0.3, -0.25) is 0 Å². The largest absolute Gasteiger partial charge is 0.396 e. The molecule has 0 saturated carbocycles. The van der Waals surface area contributed by atoms with Gasteiger partial charge in [0.05, 0.1) is 17.3 Å². The third-order valence-corrected chi connectivity index (χ3v) is 6.20. The fraction of sp³-hybridized carbons (Fsp3) is 0.207. The summed E-state index contributed by atoms with van der Waals surface area (Å²) in [6, 6.07) is 25.8. The molecule has 0 saturated heterocycles. The Bertz CT molecular complexity index is 1270. The molecule has 33 heavy (non-hydrogen) atoms. The second-order valence-electron chi connectivity index (χ2n) is 8.41. The molecule has 0 fully saturated rings. The smallest absolute Gasteiger partial charge is 0.0793 e. The number of halogens is 1. The average molecular weight is 458 g/mol. The molecule has 0 amide bonds. The minimum atomic E-state index is -0.559. The summed E-state index contributed by atoms with van der Waals surface area (Å²) >= 11 is 6.09. The number of aromatic nitrogens is 1. The predicted molar refractivity (Wildman–Crippen MR) is 137 cm³/mol. The van der Waals surface area contributed by atoms with Crippen LogP contribution in [0.25, 0.3) is 23.1 Å². The van der Waals surface area contributed by atoms with E-state index in [-0.39, 0.29) is 12.5 Å². The Morgan fingerprint density at radius 1 is 0.939 bits per heavy atom. The summed E-state index contributed by atoms with van der Waals surface area (Å²) in [5.41, 5.74) is 5.94. The Hall–Kier alpha value is -2.98. The van der Waals surface area contributed by atoms with Crippen LogP contribution in [0.1, 0.15) is 53.3 Å². The number of aryl methyl sites for hydroxylation is 1. The Morgan fingerprint density at radius 3 is 2.61 bits per heavy atom. The van der Waals surface area contributed by atoms with Gasteiger partial charge in [-0.05, 0) is 65.4 Å². The van der Waals surface area contributed by atoms with Crippen LogP contribution in [0.4, 0.5) is 0 Å². The van der Waals surface area contributed by atoms with Gasteiger partial charge in [0.25, 0.3) is 0 Å². The van der Waals surface area contributed by atoms with Gasteiger partial charge in [-0.15, -0.1) is 0 Å². The SMILES string of the molecule is CC(CO)c1ccccc1CC[C@H](O)c1cccc(C=Cc2ccc3ccc(Cl)cc3n2)c1. The predicted octanol–water partition coefficient (Wildman–Crippen LogP) is 6.82. The number of aliphatic hydroxyl groups excluding tert-OH is 2. The monoisotopic (exact) mass is 457 g/mol. The summed E-state index contributed by atoms with van der Waals surface area (Å²) in [6.07, 6.45) is 4.79. The molecule has 168 valence electrons. The van der Waals surface area contributed by atoms with Crippen LogP contribution >= 0.6 is 11.6 Å². The highest BCUT2D eigenvalue weighted by Crippen LogP contribution is 2.25. The average Bonchev–Trinajstić information content (AvgIpc) is 2.85. The van der Waals surface area contributed by atoms with E-state index < -0.39 is 6.10 Å². The standard InChI is InChI=1S/C29H28ClNO2/c1-20(19-32)27-8-3-2-6-22(27)12-16-29(33)24-7-4-5-21(17-24)9-14-26-15-11-23-10-13-25(30)18-28(23)31-26/h2-11,13-15,17-18,20,29,32-33H,12,16,19H2,1H3/t20?,29-/m0/s1. The molecular weight excluding hydrogens is 430 g/mol. The second kappa shape index (κ2) is 10.8. The van der Waals surface area contributed by atoms with E-state index >= 15 is 0 Å². The lowest BCUT2D eigenvalue weighted by Crippen LogP contribution is -2.06. The third-order valence-electron chi connectivity index (χ3n) is 5.96. The summed E-state index contributed by atoms with van der Waals surface area (Å²) in [6.45, 7) is 2.14. The molecule has 1 heterocycles. The van der Waals surface area contributed by atoms with Crippen LogP contribution in [0.2, 0.25) is 5.02 Å². The number of aliphatic hydroxyl groups is 2. The van der Waals surface area contributed by atoms with E-state index in [1.54, 1.807) is 0 Å². The number of rotatable bonds is 8. The van der Waals surface area contributed by atoms with Crippen molar-refractivity contribution in [3.63, 3.8) is 0 Å². The highest BCUT2D eigenvalue weighted by Gasteiger charge is 2.12. The van der Waals surface area contributed by atoms with Crippen molar-refractivity contribution in [1.29, 1.82) is 0 Å². The summed E-state index contributed by atoms with van der Waals surface area (Å²) < 4.78 is 0. The van der Waals surface area contributed by atoms with Crippen molar-refractivity contribution in [2.75, 3.05) is 6.61 Å². The van der Waals surface area contributed by atoms with E-state index in [0.717, 1.165) is 39.7 Å². The van der Waals surface area contributed by atoms with Crippen LogP contribution in [0.3, 0.4) is 0 Å². The molecule has 4 heteroatoms. The molecule has 0 bridgehead atoms. The molecule has 3 nitrogen and oxygen atoms in total. The van der Waals surface area contributed by atoms with E-state index in [1.807, 2.05) is 85.8 Å². The van der Waals surface area contributed by atoms with Crippen molar-refractivity contribution in [1.82, 2.24) is 4.98 Å². The molecule has 2 atom stereocenters. The number of fused-ring (bicyclic) bond motifs is 1. The van der Waals surface area contributed by atoms with Crippen LogP contribution in [0.15, 0.2) is 78.9 Å². The van der Waals surface area contributed by atoms with Gasteiger partial charge >= 0.3 is 0 Å². The first-order valence-corrected chi connectivity index (χ1v) is 11.6. The lowest BCUT2D eigenvalue weighted by atomic mass is 9.92. The van der Waals surface area contributed by atoms with Gasteiger partial charge in [0.15, 0.2) is 0 Å². The number of nitrogens with zero attached hydrogens (tertiary/aromatic N) is 1. The van der Waals surface area contributed by atoms with Crippen molar-refractivity contribution < 1.29 is 10.2 Å². The van der Waals surface area contributed by atoms with Crippen molar-refractivity contribution in [3.8, 4) is 0 Å². The van der Waals surface area contributed by atoms with Crippen LogP contribution in [0.5, 0.6) is 0 Å². The normalized spacial score (nSPS) is 13.5. The van der Waals surface area contributed by atoms with E-state index in [0.29, 0.717) is 11.4 Å². The van der Waals surface area contributed by atoms with Crippen LogP contribution < -0.4 is 0 Å².